The molecule has 0 atom stereocenters. The molecule has 4 rings (SSSR count). The number of alkyl halides is 3. The van der Waals surface area contributed by atoms with Crippen molar-refractivity contribution in [2.45, 2.75) is 26.4 Å². The maximum Gasteiger partial charge on any atom is 0.418 e. The molecule has 0 radical (unpaired) electrons. The minimum Gasteiger partial charge on any atom is -0.325 e. The molecule has 0 fully saturated rings. The predicted octanol–water partition coefficient (Wildman–Crippen LogP) is 3.13. The van der Waals surface area contributed by atoms with Gasteiger partial charge in [0.1, 0.15) is 0 Å². The molecule has 0 aliphatic carbocycles. The number of nitrogens with one attached hydrogen (secondary N) is 1. The lowest BCUT2D eigenvalue weighted by atomic mass is 10.1. The molecule has 30 heavy (non-hydrogen) atoms. The molecule has 0 saturated heterocycles. The van der Waals surface area contributed by atoms with Crippen molar-refractivity contribution in [2.24, 2.45) is 0 Å². The Morgan fingerprint density at radius 2 is 1.97 bits per heavy atom. The molecule has 0 aliphatic rings. The van der Waals surface area contributed by atoms with E-state index in [-0.39, 0.29) is 23.6 Å². The lowest BCUT2D eigenvalue weighted by Crippen LogP contribution is -2.19. The molecule has 3 heterocycles. The summed E-state index contributed by atoms with van der Waals surface area (Å²) >= 11 is 0. The smallest absolute Gasteiger partial charge is 0.325 e. The van der Waals surface area contributed by atoms with Crippen molar-refractivity contribution in [1.82, 2.24) is 29.4 Å². The predicted molar refractivity (Wildman–Crippen MR) is 101 cm³/mol. The third-order valence-corrected chi connectivity index (χ3v) is 4.33. The van der Waals surface area contributed by atoms with E-state index in [0.717, 1.165) is 17.5 Å². The summed E-state index contributed by atoms with van der Waals surface area (Å²) in [6.45, 7) is 3.62. The summed E-state index contributed by atoms with van der Waals surface area (Å²) in [6, 6.07) is 6.98. The fourth-order valence-electron chi connectivity index (χ4n) is 3.06. The molecule has 1 N–H and O–H groups in total. The Hall–Kier alpha value is -3.76. The quantitative estimate of drug-likeness (QED) is 0.553. The molecule has 1 amide bonds. The zero-order valence-corrected chi connectivity index (χ0v) is 16.0. The first-order valence-electron chi connectivity index (χ1n) is 8.92. The molecule has 8 nitrogen and oxygen atoms in total. The number of anilines is 1. The van der Waals surface area contributed by atoms with Crippen LogP contribution in [-0.4, -0.2) is 35.3 Å². The normalized spacial score (nSPS) is 11.8. The topological polar surface area (TPSA) is 90.0 Å². The van der Waals surface area contributed by atoms with E-state index >= 15 is 0 Å². The maximum absolute atomic E-state index is 13.6. The molecule has 0 bridgehead atoms. The van der Waals surface area contributed by atoms with E-state index in [4.69, 9.17) is 0 Å². The Bertz CT molecular complexity index is 1230. The zero-order chi connectivity index (χ0) is 21.5. The van der Waals surface area contributed by atoms with Crippen LogP contribution in [0.5, 0.6) is 0 Å². The minimum atomic E-state index is -4.66. The lowest BCUT2D eigenvalue weighted by molar-refractivity contribution is -0.137. The van der Waals surface area contributed by atoms with Crippen molar-refractivity contribution in [3.05, 3.63) is 65.5 Å². The number of aromatic nitrogens is 6. The third kappa shape index (κ3) is 3.86. The Kier molecular flexibility index (Phi) is 4.72. The summed E-state index contributed by atoms with van der Waals surface area (Å²) in [5, 5.41) is 10.4. The van der Waals surface area contributed by atoms with Crippen LogP contribution in [0.25, 0.3) is 11.5 Å². The van der Waals surface area contributed by atoms with Crippen LogP contribution in [0, 0.1) is 13.8 Å². The van der Waals surface area contributed by atoms with Gasteiger partial charge in [-0.1, -0.05) is 0 Å². The number of carbonyl (C=O) groups is 1. The molecular formula is C19H16F3N7O. The fourth-order valence-corrected chi connectivity index (χ4v) is 3.06. The average molecular weight is 415 g/mol. The van der Waals surface area contributed by atoms with E-state index in [1.165, 1.54) is 33.7 Å². The summed E-state index contributed by atoms with van der Waals surface area (Å²) < 4.78 is 43.4. The van der Waals surface area contributed by atoms with Gasteiger partial charge in [-0.05, 0) is 44.2 Å². The summed E-state index contributed by atoms with van der Waals surface area (Å²) in [7, 11) is 0. The fraction of sp³-hybridized carbons (Fsp3) is 0.211. The van der Waals surface area contributed by atoms with Crippen LogP contribution in [0.3, 0.4) is 0 Å². The highest BCUT2D eigenvalue weighted by Gasteiger charge is 2.34. The van der Waals surface area contributed by atoms with Gasteiger partial charge in [-0.25, -0.2) is 14.2 Å². The number of carbonyl (C=O) groups excluding carboxylic acids is 1. The van der Waals surface area contributed by atoms with Crippen LogP contribution in [0.1, 0.15) is 22.8 Å². The first-order chi connectivity index (χ1) is 14.2. The number of hydrogen-bond donors (Lipinski definition) is 1. The van der Waals surface area contributed by atoms with Crippen LogP contribution in [0.4, 0.5) is 18.9 Å². The van der Waals surface area contributed by atoms with Gasteiger partial charge in [-0.15, -0.1) is 5.10 Å². The van der Waals surface area contributed by atoms with E-state index in [0.29, 0.717) is 5.78 Å². The van der Waals surface area contributed by atoms with Crippen molar-refractivity contribution in [1.29, 1.82) is 0 Å². The molecule has 3 aromatic heterocycles. The van der Waals surface area contributed by atoms with E-state index < -0.39 is 17.6 Å². The van der Waals surface area contributed by atoms with E-state index in [9.17, 15) is 18.0 Å². The van der Waals surface area contributed by atoms with Crippen LogP contribution < -0.4 is 5.32 Å². The average Bonchev–Trinajstić information content (AvgIpc) is 3.31. The summed E-state index contributed by atoms with van der Waals surface area (Å²) in [5.41, 5.74) is 0.433. The Balaban J connectivity index is 1.59. The van der Waals surface area contributed by atoms with Crippen LogP contribution >= 0.6 is 0 Å². The van der Waals surface area contributed by atoms with Gasteiger partial charge in [0.05, 0.1) is 23.4 Å². The number of fused-ring (bicyclic) bond motifs is 1. The van der Waals surface area contributed by atoms with Crippen molar-refractivity contribution in [3.8, 4) is 5.69 Å². The third-order valence-electron chi connectivity index (χ3n) is 4.33. The SMILES string of the molecule is Cc1cc(C)n2nc(CC(=O)Nc3ccc(-n4cccn4)cc3C(F)(F)F)nc2n1. The van der Waals surface area contributed by atoms with Crippen molar-refractivity contribution in [3.63, 3.8) is 0 Å². The molecule has 1 aromatic carbocycles. The maximum atomic E-state index is 13.6. The summed E-state index contributed by atoms with van der Waals surface area (Å²) in [5.74, 6) is -0.178. The largest absolute Gasteiger partial charge is 0.418 e. The number of rotatable bonds is 4. The van der Waals surface area contributed by atoms with Gasteiger partial charge in [-0.2, -0.15) is 23.3 Å². The molecule has 0 spiro atoms. The molecule has 11 heteroatoms. The molecule has 4 aromatic rings. The van der Waals surface area contributed by atoms with Gasteiger partial charge in [0.2, 0.25) is 5.91 Å². The number of amides is 1. The van der Waals surface area contributed by atoms with Gasteiger partial charge in [0.15, 0.2) is 5.82 Å². The highest BCUT2D eigenvalue weighted by atomic mass is 19.4. The molecular weight excluding hydrogens is 399 g/mol. The van der Waals surface area contributed by atoms with Gasteiger partial charge >= 0.3 is 6.18 Å². The zero-order valence-electron chi connectivity index (χ0n) is 16.0. The second-order valence-corrected chi connectivity index (χ2v) is 6.68. The number of halogens is 3. The Morgan fingerprint density at radius 1 is 1.17 bits per heavy atom. The van der Waals surface area contributed by atoms with Crippen molar-refractivity contribution in [2.75, 3.05) is 5.32 Å². The number of hydrogen-bond acceptors (Lipinski definition) is 5. The second-order valence-electron chi connectivity index (χ2n) is 6.68. The molecule has 0 saturated carbocycles. The van der Waals surface area contributed by atoms with Crippen LogP contribution in [-0.2, 0) is 17.4 Å². The van der Waals surface area contributed by atoms with Crippen LogP contribution in [0.2, 0.25) is 0 Å². The summed E-state index contributed by atoms with van der Waals surface area (Å²) in [6.07, 6.45) is -1.96. The highest BCUT2D eigenvalue weighted by molar-refractivity contribution is 5.92. The molecule has 0 aliphatic heterocycles. The Morgan fingerprint density at radius 3 is 2.67 bits per heavy atom. The molecule has 154 valence electrons. The van der Waals surface area contributed by atoms with Crippen molar-refractivity contribution < 1.29 is 18.0 Å². The van der Waals surface area contributed by atoms with Crippen LogP contribution in [0.15, 0.2) is 42.7 Å². The van der Waals surface area contributed by atoms with E-state index in [1.807, 2.05) is 13.0 Å². The first-order valence-corrected chi connectivity index (χ1v) is 8.92. The van der Waals surface area contributed by atoms with E-state index in [2.05, 4.69) is 25.5 Å². The van der Waals surface area contributed by atoms with Gasteiger partial charge in [0.25, 0.3) is 5.78 Å². The Labute approximate surface area is 168 Å². The number of aryl methyl sites for hydroxylation is 2. The number of nitrogens with zero attached hydrogens (tertiary/aromatic N) is 6. The highest BCUT2D eigenvalue weighted by Crippen LogP contribution is 2.36. The van der Waals surface area contributed by atoms with Gasteiger partial charge < -0.3 is 5.32 Å². The van der Waals surface area contributed by atoms with Gasteiger partial charge in [-0.3, -0.25) is 4.79 Å². The second kappa shape index (κ2) is 7.25. The lowest BCUT2D eigenvalue weighted by Gasteiger charge is -2.15. The van der Waals surface area contributed by atoms with E-state index in [1.54, 1.807) is 13.0 Å². The van der Waals surface area contributed by atoms with Gasteiger partial charge in [0, 0.05) is 23.8 Å². The molecule has 0 unspecified atom stereocenters. The number of benzene rings is 1. The van der Waals surface area contributed by atoms with Crippen molar-refractivity contribution >= 4 is 17.4 Å². The summed E-state index contributed by atoms with van der Waals surface area (Å²) in [4.78, 5) is 20.8. The minimum absolute atomic E-state index is 0.162. The standard InChI is InChI=1S/C19H16F3N7O/c1-11-8-12(2)29-18(24-11)26-16(27-29)10-17(30)25-15-5-4-13(28-7-3-6-23-28)9-14(15)19(20,21)22/h3-9H,10H2,1-2H3,(H,25,30). The first kappa shape index (κ1) is 19.6. The monoisotopic (exact) mass is 415 g/mol.